The van der Waals surface area contributed by atoms with Crippen molar-refractivity contribution in [3.8, 4) is 5.75 Å². The van der Waals surface area contributed by atoms with Gasteiger partial charge < -0.3 is 15.4 Å². The largest absolute Gasteiger partial charge is 0.484 e. The van der Waals surface area contributed by atoms with E-state index in [0.29, 0.717) is 5.75 Å². The molecule has 5 heteroatoms. The van der Waals surface area contributed by atoms with Crippen molar-refractivity contribution in [2.75, 3.05) is 13.2 Å². The number of carbonyl (C=O) groups is 1. The maximum Gasteiger partial charge on any atom is 0.258 e. The van der Waals surface area contributed by atoms with Crippen LogP contribution < -0.4 is 15.4 Å². The van der Waals surface area contributed by atoms with Gasteiger partial charge >= 0.3 is 0 Å². The third-order valence-corrected chi connectivity index (χ3v) is 2.43. The van der Waals surface area contributed by atoms with Gasteiger partial charge in [-0.1, -0.05) is 18.2 Å². The Labute approximate surface area is 133 Å². The van der Waals surface area contributed by atoms with Crippen molar-refractivity contribution in [3.63, 3.8) is 0 Å². The van der Waals surface area contributed by atoms with E-state index in [0.717, 1.165) is 13.1 Å². The van der Waals surface area contributed by atoms with Gasteiger partial charge in [-0.05, 0) is 38.5 Å². The first kappa shape index (κ1) is 19.5. The lowest BCUT2D eigenvalue weighted by Gasteiger charge is -2.20. The fourth-order valence-electron chi connectivity index (χ4n) is 1.63. The Kier molecular flexibility index (Phi) is 8.74. The number of ether oxygens (including phenoxy) is 1. The van der Waals surface area contributed by atoms with Gasteiger partial charge in [0, 0.05) is 18.6 Å². The first-order valence-electron chi connectivity index (χ1n) is 6.75. The predicted molar refractivity (Wildman–Crippen MR) is 89.0 cm³/mol. The minimum absolute atomic E-state index is 0. The first-order valence-corrected chi connectivity index (χ1v) is 6.75. The van der Waals surface area contributed by atoms with E-state index in [1.165, 1.54) is 5.56 Å². The molecule has 0 saturated carbocycles. The molecule has 0 aromatic heterocycles. The molecule has 2 N–H and O–H groups in total. The lowest BCUT2D eigenvalue weighted by molar-refractivity contribution is -0.124. The average molecular weight is 313 g/mol. The number of halogens is 1. The van der Waals surface area contributed by atoms with Crippen LogP contribution in [0.1, 0.15) is 26.3 Å². The van der Waals surface area contributed by atoms with Crippen LogP contribution in [0.2, 0.25) is 0 Å². The zero-order chi connectivity index (χ0) is 15.0. The molecule has 21 heavy (non-hydrogen) atoms. The standard InChI is InChI=1S/C16H24N2O2.ClH/c1-5-10-17-11-13-6-8-14(9-7-13)20-12-15(19)18-16(2,3)4;/h5-9,17H,1,10-12H2,2-4H3,(H,18,19);1H. The quantitative estimate of drug-likeness (QED) is 0.601. The summed E-state index contributed by atoms with van der Waals surface area (Å²) in [5.41, 5.74) is 0.930. The highest BCUT2D eigenvalue weighted by molar-refractivity contribution is 5.85. The van der Waals surface area contributed by atoms with Crippen molar-refractivity contribution in [1.29, 1.82) is 0 Å². The highest BCUT2D eigenvalue weighted by Crippen LogP contribution is 2.12. The molecule has 0 aliphatic rings. The Morgan fingerprint density at radius 2 is 1.90 bits per heavy atom. The van der Waals surface area contributed by atoms with Crippen LogP contribution >= 0.6 is 12.4 Å². The molecule has 0 saturated heterocycles. The van der Waals surface area contributed by atoms with Gasteiger partial charge in [0.25, 0.3) is 5.91 Å². The number of amides is 1. The molecule has 118 valence electrons. The second-order valence-corrected chi connectivity index (χ2v) is 5.65. The maximum atomic E-state index is 11.6. The SMILES string of the molecule is C=CCNCc1ccc(OCC(=O)NC(C)(C)C)cc1.Cl. The molecule has 1 aromatic carbocycles. The number of carbonyl (C=O) groups excluding carboxylic acids is 1. The highest BCUT2D eigenvalue weighted by atomic mass is 35.5. The molecule has 1 amide bonds. The summed E-state index contributed by atoms with van der Waals surface area (Å²) in [7, 11) is 0. The molecule has 0 spiro atoms. The maximum absolute atomic E-state index is 11.6. The molecule has 0 bridgehead atoms. The van der Waals surface area contributed by atoms with Crippen molar-refractivity contribution in [1.82, 2.24) is 10.6 Å². The van der Waals surface area contributed by atoms with Crippen LogP contribution in [0, 0.1) is 0 Å². The minimum atomic E-state index is -0.235. The van der Waals surface area contributed by atoms with Crippen LogP contribution in [0.15, 0.2) is 36.9 Å². The van der Waals surface area contributed by atoms with Crippen LogP contribution in [0.3, 0.4) is 0 Å². The van der Waals surface area contributed by atoms with Crippen LogP contribution in [0.5, 0.6) is 5.75 Å². The number of hydrogen-bond acceptors (Lipinski definition) is 3. The van der Waals surface area contributed by atoms with Gasteiger partial charge in [-0.25, -0.2) is 0 Å². The van der Waals surface area contributed by atoms with E-state index in [4.69, 9.17) is 4.74 Å². The molecule has 1 rings (SSSR count). The van der Waals surface area contributed by atoms with Gasteiger partial charge in [-0.3, -0.25) is 4.79 Å². The first-order chi connectivity index (χ1) is 9.40. The van der Waals surface area contributed by atoms with Gasteiger partial charge in [0.15, 0.2) is 6.61 Å². The van der Waals surface area contributed by atoms with E-state index in [2.05, 4.69) is 17.2 Å². The molecule has 0 radical (unpaired) electrons. The summed E-state index contributed by atoms with van der Waals surface area (Å²) < 4.78 is 5.45. The van der Waals surface area contributed by atoms with Crippen LogP contribution in [0.4, 0.5) is 0 Å². The summed E-state index contributed by atoms with van der Waals surface area (Å²) in [5.74, 6) is 0.579. The second-order valence-electron chi connectivity index (χ2n) is 5.65. The van der Waals surface area contributed by atoms with Gasteiger partial charge in [-0.15, -0.1) is 19.0 Å². The van der Waals surface area contributed by atoms with Crippen molar-refractivity contribution in [2.24, 2.45) is 0 Å². The van der Waals surface area contributed by atoms with E-state index in [9.17, 15) is 4.79 Å². The van der Waals surface area contributed by atoms with Crippen LogP contribution in [-0.2, 0) is 11.3 Å². The lowest BCUT2D eigenvalue weighted by Crippen LogP contribution is -2.43. The molecular formula is C16H25ClN2O2. The number of benzene rings is 1. The second kappa shape index (κ2) is 9.42. The van der Waals surface area contributed by atoms with Crippen molar-refractivity contribution < 1.29 is 9.53 Å². The number of hydrogen-bond donors (Lipinski definition) is 2. The highest BCUT2D eigenvalue weighted by Gasteiger charge is 2.13. The van der Waals surface area contributed by atoms with Gasteiger partial charge in [0.1, 0.15) is 5.75 Å². The Bertz CT molecular complexity index is 439. The Balaban J connectivity index is 0.00000400. The summed E-state index contributed by atoms with van der Waals surface area (Å²) >= 11 is 0. The minimum Gasteiger partial charge on any atom is -0.484 e. The molecule has 0 atom stereocenters. The summed E-state index contributed by atoms with van der Waals surface area (Å²) in [6.07, 6.45) is 1.82. The molecule has 0 aliphatic heterocycles. The molecule has 0 aliphatic carbocycles. The molecule has 0 heterocycles. The third-order valence-electron chi connectivity index (χ3n) is 2.43. The summed E-state index contributed by atoms with van der Waals surface area (Å²) in [6.45, 7) is 11.1. The smallest absolute Gasteiger partial charge is 0.258 e. The molecule has 0 unspecified atom stereocenters. The van der Waals surface area contributed by atoms with Crippen molar-refractivity contribution in [2.45, 2.75) is 32.9 Å². The van der Waals surface area contributed by atoms with Crippen LogP contribution in [0.25, 0.3) is 0 Å². The molecular weight excluding hydrogens is 288 g/mol. The normalized spacial score (nSPS) is 10.4. The van der Waals surface area contributed by atoms with E-state index in [-0.39, 0.29) is 30.5 Å². The Hall–Kier alpha value is -1.52. The summed E-state index contributed by atoms with van der Waals surface area (Å²) in [4.78, 5) is 11.6. The fraction of sp³-hybridized carbons (Fsp3) is 0.438. The zero-order valence-electron chi connectivity index (χ0n) is 12.9. The molecule has 4 nitrogen and oxygen atoms in total. The fourth-order valence-corrected chi connectivity index (χ4v) is 1.63. The van der Waals surface area contributed by atoms with E-state index in [1.807, 2.05) is 51.1 Å². The third kappa shape index (κ3) is 9.10. The number of nitrogens with one attached hydrogen (secondary N) is 2. The van der Waals surface area contributed by atoms with E-state index in [1.54, 1.807) is 0 Å². The van der Waals surface area contributed by atoms with Crippen molar-refractivity contribution in [3.05, 3.63) is 42.5 Å². The summed E-state index contributed by atoms with van der Waals surface area (Å²) in [5, 5.41) is 6.08. The average Bonchev–Trinajstić information content (AvgIpc) is 2.36. The summed E-state index contributed by atoms with van der Waals surface area (Å²) in [6, 6.07) is 7.70. The van der Waals surface area contributed by atoms with Gasteiger partial charge in [0.2, 0.25) is 0 Å². The zero-order valence-corrected chi connectivity index (χ0v) is 13.8. The Morgan fingerprint density at radius 1 is 1.29 bits per heavy atom. The monoisotopic (exact) mass is 312 g/mol. The molecule has 1 aromatic rings. The van der Waals surface area contributed by atoms with Gasteiger partial charge in [-0.2, -0.15) is 0 Å². The number of rotatable bonds is 7. The van der Waals surface area contributed by atoms with E-state index < -0.39 is 0 Å². The van der Waals surface area contributed by atoms with E-state index >= 15 is 0 Å². The van der Waals surface area contributed by atoms with Crippen LogP contribution in [-0.4, -0.2) is 24.6 Å². The lowest BCUT2D eigenvalue weighted by atomic mass is 10.1. The Morgan fingerprint density at radius 3 is 2.43 bits per heavy atom. The predicted octanol–water partition coefficient (Wildman–Crippen LogP) is 2.68. The topological polar surface area (TPSA) is 50.4 Å². The molecule has 0 fully saturated rings. The van der Waals surface area contributed by atoms with Gasteiger partial charge in [0.05, 0.1) is 0 Å². The van der Waals surface area contributed by atoms with Crippen molar-refractivity contribution >= 4 is 18.3 Å².